The second-order valence-corrected chi connectivity index (χ2v) is 14.7. The summed E-state index contributed by atoms with van der Waals surface area (Å²) in [5, 5.41) is 14.1. The fourth-order valence-electron chi connectivity index (χ4n) is 7.29. The van der Waals surface area contributed by atoms with Crippen LogP contribution >= 0.6 is 0 Å². The lowest BCUT2D eigenvalue weighted by Crippen LogP contribution is -2.25. The normalized spacial score (nSPS) is 16.0. The van der Waals surface area contributed by atoms with Gasteiger partial charge in [0, 0.05) is 12.8 Å². The molecule has 0 amide bonds. The SMILES string of the molecule is CCCC1CC(c2ccc(C(=O)OCCOCCOCCOCCOC(=O)c3ccc(C4=NN(c5ccc(OC)cc5)C(CCC)C4)cc3)cc2)=NN1c1ccc(OC)cc1. The van der Waals surface area contributed by atoms with Gasteiger partial charge in [-0.1, -0.05) is 51.0 Å². The second kappa shape index (κ2) is 23.3. The number of esters is 2. The number of carbonyl (C=O) groups excluding carboxylic acids is 2. The maximum Gasteiger partial charge on any atom is 0.338 e. The number of methoxy groups -OCH3 is 2. The van der Waals surface area contributed by atoms with E-state index in [0.717, 1.165) is 83.9 Å². The third-order valence-electron chi connectivity index (χ3n) is 10.5. The Kier molecular flexibility index (Phi) is 17.1. The molecule has 324 valence electrons. The molecule has 6 rings (SSSR count). The number of hydrogen-bond donors (Lipinski definition) is 0. The number of anilines is 2. The summed E-state index contributed by atoms with van der Waals surface area (Å²) in [5.41, 5.74) is 6.95. The molecule has 0 aliphatic carbocycles. The largest absolute Gasteiger partial charge is 0.497 e. The van der Waals surface area contributed by atoms with Gasteiger partial charge in [-0.2, -0.15) is 10.2 Å². The maximum absolute atomic E-state index is 12.6. The van der Waals surface area contributed by atoms with E-state index in [9.17, 15) is 9.59 Å². The molecule has 61 heavy (non-hydrogen) atoms. The van der Waals surface area contributed by atoms with Gasteiger partial charge in [0.25, 0.3) is 0 Å². The van der Waals surface area contributed by atoms with Crippen molar-refractivity contribution in [2.75, 3.05) is 77.1 Å². The van der Waals surface area contributed by atoms with Crippen molar-refractivity contribution < 1.29 is 42.7 Å². The Morgan fingerprint density at radius 3 is 1.18 bits per heavy atom. The van der Waals surface area contributed by atoms with Crippen LogP contribution in [0.25, 0.3) is 0 Å². The van der Waals surface area contributed by atoms with Crippen LogP contribution in [0.2, 0.25) is 0 Å². The van der Waals surface area contributed by atoms with E-state index < -0.39 is 11.9 Å². The molecule has 0 fully saturated rings. The lowest BCUT2D eigenvalue weighted by Gasteiger charge is -2.23. The van der Waals surface area contributed by atoms with E-state index in [0.29, 0.717) is 37.6 Å². The van der Waals surface area contributed by atoms with Crippen LogP contribution in [0.5, 0.6) is 11.5 Å². The summed E-state index contributed by atoms with van der Waals surface area (Å²) in [6, 6.07) is 31.2. The summed E-state index contributed by atoms with van der Waals surface area (Å²) >= 11 is 0. The number of hydrazone groups is 2. The molecule has 0 radical (unpaired) electrons. The van der Waals surface area contributed by atoms with E-state index in [-0.39, 0.29) is 38.5 Å². The first-order chi connectivity index (χ1) is 29.9. The monoisotopic (exact) mass is 834 g/mol. The first-order valence-corrected chi connectivity index (χ1v) is 21.2. The van der Waals surface area contributed by atoms with E-state index in [4.69, 9.17) is 43.4 Å². The van der Waals surface area contributed by atoms with E-state index in [1.807, 2.05) is 72.8 Å². The predicted molar refractivity (Wildman–Crippen MR) is 237 cm³/mol. The molecule has 0 N–H and O–H groups in total. The van der Waals surface area contributed by atoms with Crippen molar-refractivity contribution in [1.29, 1.82) is 0 Å². The van der Waals surface area contributed by atoms with Crippen LogP contribution in [0.15, 0.2) is 107 Å². The van der Waals surface area contributed by atoms with E-state index in [1.165, 1.54) is 0 Å². The van der Waals surface area contributed by atoms with Crippen LogP contribution in [0.4, 0.5) is 11.4 Å². The molecule has 0 spiro atoms. The highest BCUT2D eigenvalue weighted by atomic mass is 16.6. The summed E-state index contributed by atoms with van der Waals surface area (Å²) in [6.07, 6.45) is 5.82. The van der Waals surface area contributed by atoms with Gasteiger partial charge in [-0.25, -0.2) is 9.59 Å². The molecule has 13 heteroatoms. The lowest BCUT2D eigenvalue weighted by atomic mass is 10.00. The predicted octanol–water partition coefficient (Wildman–Crippen LogP) is 8.33. The Balaban J connectivity index is 0.799. The molecular weight excluding hydrogens is 777 g/mol. The molecule has 2 heterocycles. The van der Waals surface area contributed by atoms with Crippen molar-refractivity contribution in [3.05, 3.63) is 119 Å². The third-order valence-corrected chi connectivity index (χ3v) is 10.5. The zero-order chi connectivity index (χ0) is 42.8. The maximum atomic E-state index is 12.6. The third kappa shape index (κ3) is 12.6. The van der Waals surface area contributed by atoms with Gasteiger partial charge in [-0.3, -0.25) is 10.0 Å². The summed E-state index contributed by atoms with van der Waals surface area (Å²) in [5.74, 6) is 0.810. The molecule has 2 atom stereocenters. The molecule has 4 aromatic rings. The van der Waals surface area contributed by atoms with Gasteiger partial charge in [0.05, 0.1) is 99.9 Å². The minimum Gasteiger partial charge on any atom is -0.497 e. The zero-order valence-corrected chi connectivity index (χ0v) is 35.8. The average Bonchev–Trinajstić information content (AvgIpc) is 3.93. The molecule has 0 aromatic heterocycles. The highest BCUT2D eigenvalue weighted by Gasteiger charge is 2.29. The zero-order valence-electron chi connectivity index (χ0n) is 35.8. The minimum absolute atomic E-state index is 0.133. The highest BCUT2D eigenvalue weighted by Crippen LogP contribution is 2.32. The Morgan fingerprint density at radius 2 is 0.852 bits per heavy atom. The van der Waals surface area contributed by atoms with E-state index in [2.05, 4.69) is 23.9 Å². The fourth-order valence-corrected chi connectivity index (χ4v) is 7.29. The summed E-state index contributed by atoms with van der Waals surface area (Å²) in [7, 11) is 3.32. The van der Waals surface area contributed by atoms with Gasteiger partial charge in [0.1, 0.15) is 24.7 Å². The summed E-state index contributed by atoms with van der Waals surface area (Å²) in [6.45, 7) is 6.58. The van der Waals surface area contributed by atoms with Crippen LogP contribution in [0.1, 0.15) is 84.2 Å². The van der Waals surface area contributed by atoms with Gasteiger partial charge < -0.3 is 33.2 Å². The number of ether oxygens (including phenoxy) is 7. The molecule has 2 aliphatic heterocycles. The van der Waals surface area contributed by atoms with Gasteiger partial charge >= 0.3 is 11.9 Å². The Morgan fingerprint density at radius 1 is 0.508 bits per heavy atom. The highest BCUT2D eigenvalue weighted by molar-refractivity contribution is 6.04. The summed E-state index contributed by atoms with van der Waals surface area (Å²) < 4.78 is 38.1. The quantitative estimate of drug-likeness (QED) is 0.0499. The van der Waals surface area contributed by atoms with Crippen LogP contribution in [0, 0.1) is 0 Å². The van der Waals surface area contributed by atoms with Crippen LogP contribution in [-0.2, 0) is 23.7 Å². The first kappa shape index (κ1) is 44.8. The molecular formula is C48H58N4O9. The molecule has 2 unspecified atom stereocenters. The smallest absolute Gasteiger partial charge is 0.338 e. The first-order valence-electron chi connectivity index (χ1n) is 21.2. The van der Waals surface area contributed by atoms with Crippen molar-refractivity contribution in [2.24, 2.45) is 10.2 Å². The van der Waals surface area contributed by atoms with Crippen LogP contribution < -0.4 is 19.5 Å². The fraction of sp³-hybridized carbons (Fsp3) is 0.417. The van der Waals surface area contributed by atoms with Crippen LogP contribution in [-0.4, -0.2) is 103 Å². The molecule has 0 bridgehead atoms. The number of benzene rings is 4. The number of carbonyl (C=O) groups is 2. The summed E-state index contributed by atoms with van der Waals surface area (Å²) in [4.78, 5) is 25.3. The van der Waals surface area contributed by atoms with Crippen LogP contribution in [0.3, 0.4) is 0 Å². The van der Waals surface area contributed by atoms with Crippen molar-refractivity contribution in [3.8, 4) is 11.5 Å². The number of rotatable bonds is 24. The Hall–Kier alpha value is -5.76. The second-order valence-electron chi connectivity index (χ2n) is 14.7. The van der Waals surface area contributed by atoms with Gasteiger partial charge in [0.2, 0.25) is 0 Å². The van der Waals surface area contributed by atoms with E-state index in [1.54, 1.807) is 38.5 Å². The number of nitrogens with zero attached hydrogens (tertiary/aromatic N) is 4. The lowest BCUT2D eigenvalue weighted by molar-refractivity contribution is -0.00675. The standard InChI is InChI=1S/C48H58N4O9/c1-5-7-41-33-45(49-51(41)39-17-21-43(55-3)22-18-39)35-9-13-37(14-10-35)47(53)60-31-29-58-27-25-57-26-28-59-30-32-61-48(54)38-15-11-36(12-16-38)46-34-42(8-6-2)52(50-46)40-19-23-44(56-4)24-20-40/h9-24,41-42H,5-8,25-34H2,1-4H3. The van der Waals surface area contributed by atoms with E-state index >= 15 is 0 Å². The average molecular weight is 835 g/mol. The van der Waals surface area contributed by atoms with Crippen molar-refractivity contribution in [1.82, 2.24) is 0 Å². The molecule has 4 aromatic carbocycles. The molecule has 0 saturated heterocycles. The van der Waals surface area contributed by atoms with Gasteiger partial charge in [-0.15, -0.1) is 0 Å². The van der Waals surface area contributed by atoms with Crippen molar-refractivity contribution in [3.63, 3.8) is 0 Å². The molecule has 0 saturated carbocycles. The van der Waals surface area contributed by atoms with Gasteiger partial charge in [-0.05, 0) is 96.8 Å². The van der Waals surface area contributed by atoms with Gasteiger partial charge in [0.15, 0.2) is 0 Å². The minimum atomic E-state index is -0.405. The molecule has 2 aliphatic rings. The topological polar surface area (TPSA) is 130 Å². The Labute approximate surface area is 359 Å². The molecule has 13 nitrogen and oxygen atoms in total. The van der Waals surface area contributed by atoms with Crippen molar-refractivity contribution in [2.45, 2.75) is 64.5 Å². The van der Waals surface area contributed by atoms with Crippen molar-refractivity contribution >= 4 is 34.7 Å². The Bertz CT molecular complexity index is 1890. The number of hydrogen-bond acceptors (Lipinski definition) is 13.